The Balaban J connectivity index is 0.987. The number of hydrogen-bond donors (Lipinski definition) is 6. The summed E-state index contributed by atoms with van der Waals surface area (Å²) in [5.41, 5.74) is 12.6. The maximum atomic E-state index is 13.7. The van der Waals surface area contributed by atoms with Gasteiger partial charge < -0.3 is 66.2 Å². The van der Waals surface area contributed by atoms with Crippen LogP contribution in [0.5, 0.6) is 0 Å². The molecule has 4 aliphatic heterocycles. The minimum absolute atomic E-state index is 0.0341. The summed E-state index contributed by atoms with van der Waals surface area (Å²) in [6, 6.07) is 4.98. The van der Waals surface area contributed by atoms with E-state index in [0.717, 1.165) is 37.7 Å². The molecule has 4 aliphatic rings. The molecular formula is C60H89BrN8O14. The lowest BCUT2D eigenvalue weighted by Gasteiger charge is -2.39. The van der Waals surface area contributed by atoms with Crippen molar-refractivity contribution in [3.05, 3.63) is 65.8 Å². The second kappa shape index (κ2) is 34.0. The number of nitrogens with zero attached hydrogens (tertiary/aromatic N) is 2. The molecule has 0 aromatic heterocycles. The number of nitrogens with two attached hydrogens (primary N) is 2. The topological polar surface area (TPSA) is 310 Å². The van der Waals surface area contributed by atoms with Crippen LogP contribution in [0.25, 0.3) is 0 Å². The first kappa shape index (κ1) is 67.6. The number of benzene rings is 1. The van der Waals surface area contributed by atoms with Gasteiger partial charge in [0.05, 0.1) is 60.5 Å². The van der Waals surface area contributed by atoms with E-state index in [2.05, 4.69) is 50.2 Å². The summed E-state index contributed by atoms with van der Waals surface area (Å²) in [4.78, 5) is 117. The van der Waals surface area contributed by atoms with Crippen molar-refractivity contribution in [1.29, 1.82) is 0 Å². The van der Waals surface area contributed by atoms with Crippen LogP contribution in [0.2, 0.25) is 0 Å². The molecule has 2 unspecified atom stereocenters. The van der Waals surface area contributed by atoms with Gasteiger partial charge in [-0.2, -0.15) is 0 Å². The molecule has 22 nitrogen and oxygen atoms in total. The lowest BCUT2D eigenvalue weighted by Crippen LogP contribution is -2.51. The summed E-state index contributed by atoms with van der Waals surface area (Å²) >= 11 is 3.16. The normalized spacial score (nSPS) is 23.7. The number of epoxide rings is 1. The Hall–Kier alpha value is -6.17. The van der Waals surface area contributed by atoms with E-state index >= 15 is 0 Å². The number of rotatable bonds is 31. The molecule has 0 saturated carbocycles. The Kier molecular flexibility index (Phi) is 27.7. The van der Waals surface area contributed by atoms with E-state index in [1.54, 1.807) is 31.2 Å². The number of Topliss-reactive ketones (excluding diaryl/α,β-unsaturated/α-hetero) is 2. The highest BCUT2D eigenvalue weighted by Crippen LogP contribution is 2.43. The molecule has 1 spiro atoms. The molecule has 460 valence electrons. The summed E-state index contributed by atoms with van der Waals surface area (Å²) in [5, 5.41) is 11.6. The number of halogens is 1. The maximum absolute atomic E-state index is 13.7. The Bertz CT molecular complexity index is 2460. The molecule has 0 radical (unpaired) electrons. The fraction of sp³-hybridized carbons (Fsp3) is 0.650. The number of ether oxygens (including phenoxy) is 5. The van der Waals surface area contributed by atoms with Gasteiger partial charge in [0.2, 0.25) is 23.6 Å². The lowest BCUT2D eigenvalue weighted by molar-refractivity contribution is -0.131. The van der Waals surface area contributed by atoms with Gasteiger partial charge in [-0.1, -0.05) is 85.5 Å². The summed E-state index contributed by atoms with van der Waals surface area (Å²) < 4.78 is 29.4. The first-order valence-electron chi connectivity index (χ1n) is 29.3. The van der Waals surface area contributed by atoms with Crippen molar-refractivity contribution >= 4 is 75.0 Å². The molecular weight excluding hydrogens is 1140 g/mol. The van der Waals surface area contributed by atoms with E-state index in [0.29, 0.717) is 55.3 Å². The number of carbonyl (C=O) groups excluding carboxylic acids is 9. The fourth-order valence-corrected chi connectivity index (χ4v) is 10.7. The third-order valence-corrected chi connectivity index (χ3v) is 16.1. The van der Waals surface area contributed by atoms with Gasteiger partial charge >= 0.3 is 18.2 Å². The number of piperazine rings is 1. The van der Waals surface area contributed by atoms with Crippen LogP contribution in [0.1, 0.15) is 137 Å². The van der Waals surface area contributed by atoms with Crippen LogP contribution in [-0.4, -0.2) is 156 Å². The van der Waals surface area contributed by atoms with Crippen molar-refractivity contribution in [2.75, 3.05) is 50.0 Å². The van der Waals surface area contributed by atoms with Gasteiger partial charge in [0.1, 0.15) is 18.5 Å². The van der Waals surface area contributed by atoms with Crippen LogP contribution in [0.4, 0.5) is 20.1 Å². The predicted octanol–water partition coefficient (Wildman–Crippen LogP) is 6.81. The number of urea groups is 1. The fourth-order valence-electron chi connectivity index (χ4n) is 10.5. The summed E-state index contributed by atoms with van der Waals surface area (Å²) in [6.07, 6.45) is 13.7. The second-order valence-corrected chi connectivity index (χ2v) is 23.5. The quantitative estimate of drug-likeness (QED) is 0.0146. The molecule has 23 heteroatoms. The third-order valence-electron chi connectivity index (χ3n) is 15.4. The van der Waals surface area contributed by atoms with Gasteiger partial charge in [0, 0.05) is 82.5 Å². The van der Waals surface area contributed by atoms with Gasteiger partial charge in [0.15, 0.2) is 5.78 Å². The Labute approximate surface area is 496 Å². The van der Waals surface area contributed by atoms with Gasteiger partial charge in [-0.25, -0.2) is 14.4 Å². The van der Waals surface area contributed by atoms with E-state index in [9.17, 15) is 43.2 Å². The molecule has 1 aromatic rings. The van der Waals surface area contributed by atoms with E-state index in [1.165, 1.54) is 22.0 Å². The summed E-state index contributed by atoms with van der Waals surface area (Å²) in [6.45, 7) is 13.1. The molecule has 4 heterocycles. The van der Waals surface area contributed by atoms with E-state index < -0.39 is 42.2 Å². The molecule has 10 atom stereocenters. The molecule has 0 aliphatic carbocycles. The molecule has 83 heavy (non-hydrogen) atoms. The number of ketones is 2. The van der Waals surface area contributed by atoms with E-state index in [-0.39, 0.29) is 142 Å². The number of nitrogens with one attached hydrogen (secondary N) is 4. The average Bonchev–Trinajstić information content (AvgIpc) is 4.36. The second-order valence-electron chi connectivity index (χ2n) is 22.9. The molecule has 4 fully saturated rings. The van der Waals surface area contributed by atoms with Crippen LogP contribution in [0.3, 0.4) is 0 Å². The van der Waals surface area contributed by atoms with Gasteiger partial charge in [0.25, 0.3) is 0 Å². The highest BCUT2D eigenvalue weighted by atomic mass is 79.9. The highest BCUT2D eigenvalue weighted by molar-refractivity contribution is 9.09. The minimum atomic E-state index is -0.804. The first-order valence-corrected chi connectivity index (χ1v) is 30.4. The van der Waals surface area contributed by atoms with E-state index in [4.69, 9.17) is 35.2 Å². The van der Waals surface area contributed by atoms with Crippen LogP contribution in [0.15, 0.2) is 60.2 Å². The number of hydrogen-bond acceptors (Lipinski definition) is 14. The molecule has 8 amide bonds. The number of carbonyl (C=O) groups is 9. The standard InChI is InChI=1S/C60H89BrN8O14/c1-38(2)55(67-53(73)14-10-8-7-9-13-46(70)35-61)50(71)31-44(12-11-25-64-57(63)76)56(75)65-45-20-18-43(19-21-45)36-79-58(77)68-26-28-69(29-27-68)59(78)81-41(5)17-24-54(74)66-49-30-40(4)51(82-42(49)6)23-16-39(3)15-22-47-33-60(37-80-60)34-48(83-47)32-52(62)72/h15-22,24,38,40-42,44,47-49,51,55H,7-14,23,25-37H2,1-6H3,(H2,62,72)(H,65,75)(H,66,74)(H,67,73)(H3,63,64,76)/b22-15+,24-17-,39-16+/t40-,41-,42+,44+,47?,48+,49+,51?,55-,60+/m0/s1. The predicted molar refractivity (Wildman–Crippen MR) is 315 cm³/mol. The Morgan fingerprint density at radius 3 is 2.18 bits per heavy atom. The number of anilines is 1. The largest absolute Gasteiger partial charge is 0.445 e. The van der Waals surface area contributed by atoms with E-state index in [1.807, 2.05) is 39.8 Å². The number of primary amides is 2. The SMILES string of the molecule is CC(/C=C/C1C[C@]2(CO2)C[C@@H](CC(N)=O)O1)=C\CC1O[C@H](C)[C@H](NC(=O)/C=C\[C@H](C)OC(=O)N2CCN(C(=O)OCc3ccc(NC(=O)[C@H](CCCNC(N)=O)CC(=O)[C@@H](NC(=O)CCCCCCC(=O)CBr)C(C)C)cc3)CC2)C[C@@H]1C. The van der Waals surface area contributed by atoms with Crippen molar-refractivity contribution in [3.63, 3.8) is 0 Å². The van der Waals surface area contributed by atoms with Gasteiger partial charge in [-0.05, 0) is 94.9 Å². The molecule has 5 rings (SSSR count). The Morgan fingerprint density at radius 2 is 1.54 bits per heavy atom. The molecule has 1 aromatic carbocycles. The smallest absolute Gasteiger partial charge is 0.410 e. The number of unbranched alkanes of at least 4 members (excludes halogenated alkanes) is 3. The molecule has 0 bridgehead atoms. The number of amides is 8. The third kappa shape index (κ3) is 24.1. The van der Waals surface area contributed by atoms with Crippen molar-refractivity contribution in [3.8, 4) is 0 Å². The molecule has 8 N–H and O–H groups in total. The van der Waals surface area contributed by atoms with Crippen molar-refractivity contribution in [2.45, 2.75) is 186 Å². The van der Waals surface area contributed by atoms with Crippen LogP contribution in [-0.2, 0) is 59.1 Å². The lowest BCUT2D eigenvalue weighted by atomic mass is 9.88. The zero-order valence-electron chi connectivity index (χ0n) is 49.2. The highest BCUT2D eigenvalue weighted by Gasteiger charge is 2.51. The average molecular weight is 1230 g/mol. The maximum Gasteiger partial charge on any atom is 0.410 e. The first-order chi connectivity index (χ1) is 39.5. The number of alkyl halides is 1. The monoisotopic (exact) mass is 1220 g/mol. The number of allylic oxidation sites excluding steroid dienone is 2. The van der Waals surface area contributed by atoms with Crippen molar-refractivity contribution < 1.29 is 66.8 Å². The summed E-state index contributed by atoms with van der Waals surface area (Å²) in [5.74, 6) is -2.38. The Morgan fingerprint density at radius 1 is 0.867 bits per heavy atom. The molecule has 4 saturated heterocycles. The summed E-state index contributed by atoms with van der Waals surface area (Å²) in [7, 11) is 0. The van der Waals surface area contributed by atoms with Crippen LogP contribution in [0, 0.1) is 17.8 Å². The minimum Gasteiger partial charge on any atom is -0.445 e. The van der Waals surface area contributed by atoms with Crippen molar-refractivity contribution in [1.82, 2.24) is 25.8 Å². The van der Waals surface area contributed by atoms with Crippen LogP contribution >= 0.6 is 15.9 Å². The van der Waals surface area contributed by atoms with Crippen LogP contribution < -0.4 is 32.7 Å². The zero-order chi connectivity index (χ0) is 60.6. The van der Waals surface area contributed by atoms with Gasteiger partial charge in [-0.3, -0.25) is 28.8 Å². The zero-order valence-corrected chi connectivity index (χ0v) is 50.8. The van der Waals surface area contributed by atoms with Gasteiger partial charge in [-0.15, -0.1) is 0 Å². The van der Waals surface area contributed by atoms with Crippen molar-refractivity contribution in [2.24, 2.45) is 29.2 Å².